The molecule has 0 N–H and O–H groups in total. The van der Waals surface area contributed by atoms with Crippen LogP contribution in [0.4, 0.5) is 0 Å². The number of nitriles is 1. The van der Waals surface area contributed by atoms with Gasteiger partial charge in [-0.1, -0.05) is 12.1 Å². The number of aryl methyl sites for hydroxylation is 1. The number of rotatable bonds is 3. The van der Waals surface area contributed by atoms with E-state index >= 15 is 0 Å². The number of aromatic nitrogens is 2. The third kappa shape index (κ3) is 2.23. The SMILES string of the molecule is COc1ccccc1-c1nc2cc(C)ccn2c1CC#N. The molecule has 0 saturated heterocycles. The molecule has 4 nitrogen and oxygen atoms in total. The normalized spacial score (nSPS) is 10.5. The molecule has 0 saturated carbocycles. The Labute approximate surface area is 123 Å². The Hall–Kier alpha value is -2.80. The predicted molar refractivity (Wildman–Crippen MR) is 81.2 cm³/mol. The highest BCUT2D eigenvalue weighted by Crippen LogP contribution is 2.32. The minimum absolute atomic E-state index is 0.303. The first kappa shape index (κ1) is 13.2. The minimum Gasteiger partial charge on any atom is -0.496 e. The van der Waals surface area contributed by atoms with Crippen LogP contribution in [0.1, 0.15) is 11.3 Å². The molecule has 2 aromatic heterocycles. The lowest BCUT2D eigenvalue weighted by Gasteiger charge is -2.07. The number of fused-ring (bicyclic) bond motifs is 1. The number of imidazole rings is 1. The average Bonchev–Trinajstić information content (AvgIpc) is 2.85. The number of nitrogens with zero attached hydrogens (tertiary/aromatic N) is 3. The van der Waals surface area contributed by atoms with Gasteiger partial charge in [0.05, 0.1) is 31.0 Å². The molecule has 104 valence electrons. The van der Waals surface area contributed by atoms with Gasteiger partial charge in [0.2, 0.25) is 0 Å². The van der Waals surface area contributed by atoms with Gasteiger partial charge in [-0.2, -0.15) is 5.26 Å². The molecule has 0 aliphatic rings. The minimum atomic E-state index is 0.303. The molecule has 0 atom stereocenters. The molecule has 0 aliphatic heterocycles. The standard InChI is InChI=1S/C17H15N3O/c1-12-8-10-20-14(7-9-18)17(19-16(20)11-12)13-5-3-4-6-15(13)21-2/h3-6,8,10-11H,7H2,1-2H3. The van der Waals surface area contributed by atoms with Gasteiger partial charge in [-0.05, 0) is 36.8 Å². The van der Waals surface area contributed by atoms with Crippen molar-refractivity contribution < 1.29 is 4.74 Å². The molecular formula is C17H15N3O. The van der Waals surface area contributed by atoms with Crippen molar-refractivity contribution in [3.05, 3.63) is 53.9 Å². The zero-order chi connectivity index (χ0) is 14.8. The predicted octanol–water partition coefficient (Wildman–Crippen LogP) is 3.38. The molecule has 0 aliphatic carbocycles. The van der Waals surface area contributed by atoms with Gasteiger partial charge in [0.25, 0.3) is 0 Å². The second kappa shape index (κ2) is 5.29. The summed E-state index contributed by atoms with van der Waals surface area (Å²) in [6.45, 7) is 2.03. The van der Waals surface area contributed by atoms with E-state index in [-0.39, 0.29) is 0 Å². The fourth-order valence-corrected chi connectivity index (χ4v) is 2.50. The Morgan fingerprint density at radius 3 is 2.86 bits per heavy atom. The van der Waals surface area contributed by atoms with Gasteiger partial charge in [-0.15, -0.1) is 0 Å². The highest BCUT2D eigenvalue weighted by Gasteiger charge is 2.16. The summed E-state index contributed by atoms with van der Waals surface area (Å²) >= 11 is 0. The van der Waals surface area contributed by atoms with Crippen molar-refractivity contribution in [2.45, 2.75) is 13.3 Å². The number of methoxy groups -OCH3 is 1. The van der Waals surface area contributed by atoms with E-state index < -0.39 is 0 Å². The summed E-state index contributed by atoms with van der Waals surface area (Å²) in [6.07, 6.45) is 2.26. The molecule has 0 fully saturated rings. The first-order valence-corrected chi connectivity index (χ1v) is 6.72. The van der Waals surface area contributed by atoms with Crippen molar-refractivity contribution in [2.75, 3.05) is 7.11 Å². The van der Waals surface area contributed by atoms with Gasteiger partial charge < -0.3 is 9.14 Å². The zero-order valence-corrected chi connectivity index (χ0v) is 12.0. The summed E-state index contributed by atoms with van der Waals surface area (Å²) in [5.41, 5.74) is 4.59. The largest absolute Gasteiger partial charge is 0.496 e. The molecular weight excluding hydrogens is 262 g/mol. The van der Waals surface area contributed by atoms with Crippen molar-refractivity contribution >= 4 is 5.65 Å². The van der Waals surface area contributed by atoms with Crippen LogP contribution in [0.5, 0.6) is 5.75 Å². The smallest absolute Gasteiger partial charge is 0.137 e. The second-order valence-corrected chi connectivity index (χ2v) is 4.87. The molecule has 21 heavy (non-hydrogen) atoms. The van der Waals surface area contributed by atoms with Crippen LogP contribution in [0.25, 0.3) is 16.9 Å². The molecule has 0 amide bonds. The van der Waals surface area contributed by atoms with Gasteiger partial charge in [0, 0.05) is 11.8 Å². The van der Waals surface area contributed by atoms with E-state index in [1.165, 1.54) is 0 Å². The summed E-state index contributed by atoms with van der Waals surface area (Å²) in [7, 11) is 1.64. The van der Waals surface area contributed by atoms with Crippen molar-refractivity contribution in [2.24, 2.45) is 0 Å². The Morgan fingerprint density at radius 1 is 1.29 bits per heavy atom. The lowest BCUT2D eigenvalue weighted by molar-refractivity contribution is 0.416. The van der Waals surface area contributed by atoms with Crippen molar-refractivity contribution in [1.29, 1.82) is 5.26 Å². The molecule has 0 bridgehead atoms. The fourth-order valence-electron chi connectivity index (χ4n) is 2.50. The second-order valence-electron chi connectivity index (χ2n) is 4.87. The van der Waals surface area contributed by atoms with Crippen molar-refractivity contribution in [3.63, 3.8) is 0 Å². The number of hydrogen-bond acceptors (Lipinski definition) is 3. The van der Waals surface area contributed by atoms with E-state index in [1.54, 1.807) is 7.11 Å². The molecule has 0 unspecified atom stereocenters. The first-order valence-electron chi connectivity index (χ1n) is 6.72. The van der Waals surface area contributed by atoms with E-state index in [4.69, 9.17) is 15.0 Å². The van der Waals surface area contributed by atoms with Gasteiger partial charge in [-0.3, -0.25) is 0 Å². The van der Waals surface area contributed by atoms with E-state index in [1.807, 2.05) is 53.9 Å². The quantitative estimate of drug-likeness (QED) is 0.737. The number of pyridine rings is 1. The van der Waals surface area contributed by atoms with Gasteiger partial charge >= 0.3 is 0 Å². The van der Waals surface area contributed by atoms with E-state index in [2.05, 4.69) is 6.07 Å². The van der Waals surface area contributed by atoms with Crippen LogP contribution in [-0.4, -0.2) is 16.5 Å². The van der Waals surface area contributed by atoms with Gasteiger partial charge in [0.1, 0.15) is 11.4 Å². The molecule has 4 heteroatoms. The third-order valence-electron chi connectivity index (χ3n) is 3.49. The monoisotopic (exact) mass is 277 g/mol. The van der Waals surface area contributed by atoms with Crippen LogP contribution < -0.4 is 4.74 Å². The fraction of sp³-hybridized carbons (Fsp3) is 0.176. The lowest BCUT2D eigenvalue weighted by atomic mass is 10.1. The third-order valence-corrected chi connectivity index (χ3v) is 3.49. The molecule has 0 radical (unpaired) electrons. The van der Waals surface area contributed by atoms with Crippen LogP contribution >= 0.6 is 0 Å². The maximum atomic E-state index is 9.13. The Morgan fingerprint density at radius 2 is 2.10 bits per heavy atom. The summed E-state index contributed by atoms with van der Waals surface area (Å²) in [5, 5.41) is 9.13. The summed E-state index contributed by atoms with van der Waals surface area (Å²) in [6, 6.07) is 14.0. The molecule has 2 heterocycles. The van der Waals surface area contributed by atoms with Crippen LogP contribution in [-0.2, 0) is 6.42 Å². The summed E-state index contributed by atoms with van der Waals surface area (Å²) < 4.78 is 7.39. The zero-order valence-electron chi connectivity index (χ0n) is 12.0. The number of hydrogen-bond donors (Lipinski definition) is 0. The maximum Gasteiger partial charge on any atom is 0.137 e. The number of ether oxygens (including phenoxy) is 1. The molecule has 0 spiro atoms. The summed E-state index contributed by atoms with van der Waals surface area (Å²) in [4.78, 5) is 4.70. The summed E-state index contributed by atoms with van der Waals surface area (Å²) in [5.74, 6) is 0.761. The highest BCUT2D eigenvalue weighted by atomic mass is 16.5. The molecule has 1 aromatic carbocycles. The van der Waals surface area contributed by atoms with Gasteiger partial charge in [0.15, 0.2) is 0 Å². The van der Waals surface area contributed by atoms with E-state index in [0.717, 1.165) is 33.9 Å². The van der Waals surface area contributed by atoms with E-state index in [9.17, 15) is 0 Å². The highest BCUT2D eigenvalue weighted by molar-refractivity contribution is 5.72. The van der Waals surface area contributed by atoms with Crippen LogP contribution in [0.2, 0.25) is 0 Å². The van der Waals surface area contributed by atoms with Crippen molar-refractivity contribution in [1.82, 2.24) is 9.38 Å². The topological polar surface area (TPSA) is 50.3 Å². The Kier molecular flexibility index (Phi) is 3.33. The van der Waals surface area contributed by atoms with Crippen molar-refractivity contribution in [3.8, 4) is 23.1 Å². The maximum absolute atomic E-state index is 9.13. The van der Waals surface area contributed by atoms with Crippen LogP contribution in [0, 0.1) is 18.3 Å². The van der Waals surface area contributed by atoms with E-state index in [0.29, 0.717) is 6.42 Å². The number of para-hydroxylation sites is 1. The Balaban J connectivity index is 2.31. The Bertz CT molecular complexity index is 843. The van der Waals surface area contributed by atoms with Gasteiger partial charge in [-0.25, -0.2) is 4.98 Å². The van der Waals surface area contributed by atoms with Crippen LogP contribution in [0.3, 0.4) is 0 Å². The average molecular weight is 277 g/mol. The van der Waals surface area contributed by atoms with Crippen LogP contribution in [0.15, 0.2) is 42.6 Å². The first-order chi connectivity index (χ1) is 10.2. The number of benzene rings is 1. The molecule has 3 aromatic rings. The lowest BCUT2D eigenvalue weighted by Crippen LogP contribution is -1.95. The molecule has 3 rings (SSSR count).